The van der Waals surface area contributed by atoms with Crippen LogP contribution in [-0.2, 0) is 0 Å². The van der Waals surface area contributed by atoms with Crippen LogP contribution in [0.1, 0.15) is 33.1 Å². The highest BCUT2D eigenvalue weighted by Crippen LogP contribution is 2.29. The molecule has 0 aromatic heterocycles. The van der Waals surface area contributed by atoms with Crippen LogP contribution in [0.15, 0.2) is 18.2 Å². The quantitative estimate of drug-likeness (QED) is 0.858. The Hall–Kier alpha value is -1.46. The first-order valence-corrected chi connectivity index (χ1v) is 8.55. The van der Waals surface area contributed by atoms with Crippen molar-refractivity contribution in [3.63, 3.8) is 0 Å². The number of amides is 2. The molecular weight excluding hydrogens is 316 g/mol. The number of urea groups is 1. The van der Waals surface area contributed by atoms with Gasteiger partial charge in [0.15, 0.2) is 0 Å². The lowest BCUT2D eigenvalue weighted by atomic mass is 9.92. The third-order valence-electron chi connectivity index (χ3n) is 4.15. The molecule has 1 aliphatic rings. The molecule has 1 unspecified atom stereocenters. The fourth-order valence-corrected chi connectivity index (χ4v) is 2.89. The molecule has 0 spiro atoms. The van der Waals surface area contributed by atoms with Gasteiger partial charge in [-0.15, -0.1) is 0 Å². The first kappa shape index (κ1) is 17.9. The number of rotatable bonds is 5. The van der Waals surface area contributed by atoms with Gasteiger partial charge in [0.1, 0.15) is 5.75 Å². The van der Waals surface area contributed by atoms with Crippen LogP contribution < -0.4 is 10.1 Å². The number of ether oxygens (including phenoxy) is 1. The van der Waals surface area contributed by atoms with E-state index in [9.17, 15) is 9.90 Å². The van der Waals surface area contributed by atoms with Gasteiger partial charge in [-0.2, -0.15) is 0 Å². The van der Waals surface area contributed by atoms with Gasteiger partial charge < -0.3 is 20.1 Å². The van der Waals surface area contributed by atoms with Crippen LogP contribution in [0.5, 0.6) is 5.75 Å². The fourth-order valence-electron chi connectivity index (χ4n) is 2.72. The van der Waals surface area contributed by atoms with Crippen LogP contribution in [0.3, 0.4) is 0 Å². The van der Waals surface area contributed by atoms with Crippen molar-refractivity contribution in [3.8, 4) is 5.75 Å². The van der Waals surface area contributed by atoms with E-state index >= 15 is 0 Å². The second-order valence-electron chi connectivity index (χ2n) is 5.98. The van der Waals surface area contributed by atoms with Gasteiger partial charge in [0, 0.05) is 18.1 Å². The summed E-state index contributed by atoms with van der Waals surface area (Å²) >= 11 is 6.03. The molecule has 1 aromatic carbocycles. The van der Waals surface area contributed by atoms with Crippen molar-refractivity contribution in [1.29, 1.82) is 0 Å². The van der Waals surface area contributed by atoms with Crippen molar-refractivity contribution >= 4 is 23.3 Å². The smallest absolute Gasteiger partial charge is 0.321 e. The number of halogens is 1. The molecule has 1 heterocycles. The Morgan fingerprint density at radius 3 is 2.78 bits per heavy atom. The number of aliphatic hydroxyl groups excluding tert-OH is 1. The highest BCUT2D eigenvalue weighted by Gasteiger charge is 2.25. The minimum Gasteiger partial charge on any atom is -0.491 e. The van der Waals surface area contributed by atoms with Gasteiger partial charge in [-0.05, 0) is 50.3 Å². The summed E-state index contributed by atoms with van der Waals surface area (Å²) in [6.45, 7) is 5.72. The third-order valence-corrected chi connectivity index (χ3v) is 4.39. The van der Waals surface area contributed by atoms with E-state index in [1.165, 1.54) is 0 Å². The number of carbonyl (C=O) groups is 1. The number of hydrogen-bond donors (Lipinski definition) is 2. The van der Waals surface area contributed by atoms with Crippen molar-refractivity contribution < 1.29 is 14.6 Å². The standard InChI is InChI=1S/C17H25ClN2O3/c1-3-10-23-16-5-4-14(18)11-15(16)19-17(22)20-8-6-13(7-9-20)12(2)21/h4-5,11-13,21H,3,6-10H2,1-2H3,(H,19,22). The van der Waals surface area contributed by atoms with E-state index in [0.717, 1.165) is 19.3 Å². The first-order valence-electron chi connectivity index (χ1n) is 8.17. The Bertz CT molecular complexity index is 529. The summed E-state index contributed by atoms with van der Waals surface area (Å²) in [5.41, 5.74) is 0.591. The first-order chi connectivity index (χ1) is 11.0. The summed E-state index contributed by atoms with van der Waals surface area (Å²) in [4.78, 5) is 14.2. The molecule has 0 saturated carbocycles. The molecule has 2 N–H and O–H groups in total. The van der Waals surface area contributed by atoms with Crippen LogP contribution in [0, 0.1) is 5.92 Å². The molecule has 1 aromatic rings. The molecule has 6 heteroatoms. The van der Waals surface area contributed by atoms with Crippen molar-refractivity contribution in [1.82, 2.24) is 4.90 Å². The van der Waals surface area contributed by atoms with Crippen molar-refractivity contribution in [2.24, 2.45) is 5.92 Å². The van der Waals surface area contributed by atoms with Gasteiger partial charge in [0.2, 0.25) is 0 Å². The van der Waals surface area contributed by atoms with Crippen LogP contribution in [0.25, 0.3) is 0 Å². The molecule has 2 amide bonds. The van der Waals surface area contributed by atoms with Crippen molar-refractivity contribution in [3.05, 3.63) is 23.2 Å². The van der Waals surface area contributed by atoms with E-state index in [4.69, 9.17) is 16.3 Å². The lowest BCUT2D eigenvalue weighted by Crippen LogP contribution is -2.42. The Kier molecular flexibility index (Phi) is 6.54. The summed E-state index contributed by atoms with van der Waals surface area (Å²) in [6, 6.07) is 5.06. The lowest BCUT2D eigenvalue weighted by Gasteiger charge is -2.33. The number of likely N-dealkylation sites (tertiary alicyclic amines) is 1. The maximum absolute atomic E-state index is 12.4. The minimum absolute atomic E-state index is 0.155. The average Bonchev–Trinajstić information content (AvgIpc) is 2.54. The second kappa shape index (κ2) is 8.41. The number of carbonyl (C=O) groups excluding carboxylic acids is 1. The van der Waals surface area contributed by atoms with Crippen LogP contribution >= 0.6 is 11.6 Å². The average molecular weight is 341 g/mol. The summed E-state index contributed by atoms with van der Waals surface area (Å²) in [5, 5.41) is 13.1. The molecule has 1 aliphatic heterocycles. The van der Waals surface area contributed by atoms with Crippen LogP contribution in [0.4, 0.5) is 10.5 Å². The molecule has 23 heavy (non-hydrogen) atoms. The van der Waals surface area contributed by atoms with Gasteiger partial charge in [0.25, 0.3) is 0 Å². The SMILES string of the molecule is CCCOc1ccc(Cl)cc1NC(=O)N1CCC(C(C)O)CC1. The maximum Gasteiger partial charge on any atom is 0.321 e. The zero-order valence-electron chi connectivity index (χ0n) is 13.7. The minimum atomic E-state index is -0.317. The van der Waals surface area contributed by atoms with E-state index in [1.54, 1.807) is 23.1 Å². The highest BCUT2D eigenvalue weighted by atomic mass is 35.5. The second-order valence-corrected chi connectivity index (χ2v) is 6.42. The Morgan fingerprint density at radius 2 is 2.17 bits per heavy atom. The highest BCUT2D eigenvalue weighted by molar-refractivity contribution is 6.31. The van der Waals surface area contributed by atoms with E-state index in [2.05, 4.69) is 5.32 Å². The topological polar surface area (TPSA) is 61.8 Å². The largest absolute Gasteiger partial charge is 0.491 e. The predicted molar refractivity (Wildman–Crippen MR) is 92.2 cm³/mol. The van der Waals surface area contributed by atoms with Crippen LogP contribution in [0.2, 0.25) is 5.02 Å². The van der Waals surface area contributed by atoms with Crippen LogP contribution in [-0.4, -0.2) is 41.8 Å². The molecule has 0 bridgehead atoms. The van der Waals surface area contributed by atoms with E-state index in [0.29, 0.717) is 36.2 Å². The van der Waals surface area contributed by atoms with Gasteiger partial charge in [0.05, 0.1) is 18.4 Å². The number of aliphatic hydroxyl groups is 1. The number of nitrogens with one attached hydrogen (secondary N) is 1. The Labute approximate surface area is 142 Å². The molecular formula is C17H25ClN2O3. The normalized spacial score (nSPS) is 17.0. The summed E-state index contributed by atoms with van der Waals surface area (Å²) < 4.78 is 5.65. The summed E-state index contributed by atoms with van der Waals surface area (Å²) in [6.07, 6.45) is 2.21. The molecule has 0 aliphatic carbocycles. The monoisotopic (exact) mass is 340 g/mol. The number of nitrogens with zero attached hydrogens (tertiary/aromatic N) is 1. The summed E-state index contributed by atoms with van der Waals surface area (Å²) in [5.74, 6) is 0.900. The molecule has 1 saturated heterocycles. The number of hydrogen-bond acceptors (Lipinski definition) is 3. The Balaban J connectivity index is 1.98. The van der Waals surface area contributed by atoms with Gasteiger partial charge in [-0.1, -0.05) is 18.5 Å². The molecule has 1 fully saturated rings. The molecule has 128 valence electrons. The number of benzene rings is 1. The fraction of sp³-hybridized carbons (Fsp3) is 0.588. The van der Waals surface area contributed by atoms with Gasteiger partial charge >= 0.3 is 6.03 Å². The summed E-state index contributed by atoms with van der Waals surface area (Å²) in [7, 11) is 0. The lowest BCUT2D eigenvalue weighted by molar-refractivity contribution is 0.0820. The Morgan fingerprint density at radius 1 is 1.48 bits per heavy atom. The zero-order valence-corrected chi connectivity index (χ0v) is 14.5. The van der Waals surface area contributed by atoms with Crippen molar-refractivity contribution in [2.45, 2.75) is 39.2 Å². The van der Waals surface area contributed by atoms with Crippen molar-refractivity contribution in [2.75, 3.05) is 25.0 Å². The molecule has 0 radical (unpaired) electrons. The molecule has 2 rings (SSSR count). The number of piperidine rings is 1. The van der Waals surface area contributed by atoms with Gasteiger partial charge in [-0.25, -0.2) is 4.79 Å². The molecule has 1 atom stereocenters. The zero-order chi connectivity index (χ0) is 16.8. The van der Waals surface area contributed by atoms with E-state index < -0.39 is 0 Å². The van der Waals surface area contributed by atoms with E-state index in [1.807, 2.05) is 13.8 Å². The predicted octanol–water partition coefficient (Wildman–Crippen LogP) is 3.75. The third kappa shape index (κ3) is 5.01. The van der Waals surface area contributed by atoms with E-state index in [-0.39, 0.29) is 18.1 Å². The molecule has 5 nitrogen and oxygen atoms in total. The van der Waals surface area contributed by atoms with Gasteiger partial charge in [-0.3, -0.25) is 0 Å². The maximum atomic E-state index is 12.4. The number of anilines is 1.